The van der Waals surface area contributed by atoms with Gasteiger partial charge in [0.15, 0.2) is 0 Å². The maximum absolute atomic E-state index is 12.4. The second-order valence-corrected chi connectivity index (χ2v) is 5.68. The number of hydrogen-bond acceptors (Lipinski definition) is 7. The van der Waals surface area contributed by atoms with Gasteiger partial charge in [-0.25, -0.2) is 9.67 Å². The molecule has 1 fully saturated rings. The molecule has 8 heteroatoms. The first-order chi connectivity index (χ1) is 12.3. The van der Waals surface area contributed by atoms with Crippen LogP contribution in [0.15, 0.2) is 60.0 Å². The van der Waals surface area contributed by atoms with Crippen molar-refractivity contribution in [3.8, 4) is 11.3 Å². The lowest BCUT2D eigenvalue weighted by Gasteiger charge is -2.21. The molecule has 3 aromatic heterocycles. The van der Waals surface area contributed by atoms with Crippen LogP contribution in [0.5, 0.6) is 0 Å². The lowest BCUT2D eigenvalue weighted by Crippen LogP contribution is -2.37. The van der Waals surface area contributed by atoms with Crippen LogP contribution < -0.4 is 10.9 Å². The summed E-state index contributed by atoms with van der Waals surface area (Å²) in [6, 6.07) is 6.62. The molecular weight excluding hydrogens is 320 g/mol. The molecule has 2 unspecified atom stereocenters. The van der Waals surface area contributed by atoms with Crippen LogP contribution in [-0.4, -0.2) is 44.0 Å². The molecule has 0 spiro atoms. The Morgan fingerprint density at radius 1 is 1.04 bits per heavy atom. The van der Waals surface area contributed by atoms with Gasteiger partial charge >= 0.3 is 0 Å². The zero-order valence-electron chi connectivity index (χ0n) is 13.3. The molecule has 3 aromatic rings. The Balaban J connectivity index is 1.65. The highest BCUT2D eigenvalue weighted by Crippen LogP contribution is 2.22. The zero-order valence-corrected chi connectivity index (χ0v) is 13.3. The Labute approximate surface area is 143 Å². The van der Waals surface area contributed by atoms with E-state index in [-0.39, 0.29) is 17.6 Å². The van der Waals surface area contributed by atoms with Crippen LogP contribution in [0.4, 0.5) is 5.82 Å². The fourth-order valence-electron chi connectivity index (χ4n) is 2.82. The largest absolute Gasteiger partial charge is 0.377 e. The number of rotatable bonds is 4. The number of anilines is 1. The number of hydrogen-bond donors (Lipinski definition) is 1. The summed E-state index contributed by atoms with van der Waals surface area (Å²) in [5.74, 6) is 0.640. The highest BCUT2D eigenvalue weighted by Gasteiger charge is 2.31. The van der Waals surface area contributed by atoms with Crippen molar-refractivity contribution in [3.05, 3.63) is 65.6 Å². The molecule has 4 rings (SSSR count). The topological polar surface area (TPSA) is 94.8 Å². The summed E-state index contributed by atoms with van der Waals surface area (Å²) in [5.41, 5.74) is 1.45. The molecular formula is C17H16N6O2. The molecule has 126 valence electrons. The van der Waals surface area contributed by atoms with Crippen molar-refractivity contribution in [2.45, 2.75) is 12.1 Å². The summed E-state index contributed by atoms with van der Waals surface area (Å²) >= 11 is 0. The van der Waals surface area contributed by atoms with Crippen molar-refractivity contribution in [2.24, 2.45) is 0 Å². The van der Waals surface area contributed by atoms with Crippen molar-refractivity contribution in [2.75, 3.05) is 18.5 Å². The second-order valence-electron chi connectivity index (χ2n) is 5.68. The van der Waals surface area contributed by atoms with E-state index in [1.165, 1.54) is 10.7 Å². The van der Waals surface area contributed by atoms with Crippen molar-refractivity contribution in [1.29, 1.82) is 0 Å². The molecule has 8 nitrogen and oxygen atoms in total. The predicted molar refractivity (Wildman–Crippen MR) is 91.0 cm³/mol. The Morgan fingerprint density at radius 2 is 1.92 bits per heavy atom. The molecule has 0 bridgehead atoms. The SMILES string of the molecule is O=c1ccc(-c2ccncc2)nn1C1COCC1Nc1cnccn1. The smallest absolute Gasteiger partial charge is 0.267 e. The van der Waals surface area contributed by atoms with Gasteiger partial charge in [-0.1, -0.05) is 0 Å². The Bertz CT molecular complexity index is 900. The maximum Gasteiger partial charge on any atom is 0.267 e. The van der Waals surface area contributed by atoms with Gasteiger partial charge in [0.2, 0.25) is 0 Å². The molecule has 1 aliphatic heterocycles. The van der Waals surface area contributed by atoms with Gasteiger partial charge in [0, 0.05) is 36.4 Å². The first-order valence-electron chi connectivity index (χ1n) is 7.92. The molecule has 1 N–H and O–H groups in total. The second kappa shape index (κ2) is 6.78. The van der Waals surface area contributed by atoms with Gasteiger partial charge in [0.1, 0.15) is 11.9 Å². The first-order valence-corrected chi connectivity index (χ1v) is 7.92. The quantitative estimate of drug-likeness (QED) is 0.763. The van der Waals surface area contributed by atoms with Crippen LogP contribution in [0.1, 0.15) is 6.04 Å². The summed E-state index contributed by atoms with van der Waals surface area (Å²) in [5, 5.41) is 7.80. The lowest BCUT2D eigenvalue weighted by molar-refractivity contribution is 0.183. The molecule has 4 heterocycles. The normalized spacial score (nSPS) is 19.7. The summed E-state index contributed by atoms with van der Waals surface area (Å²) in [6.45, 7) is 0.874. The minimum Gasteiger partial charge on any atom is -0.377 e. The molecule has 2 atom stereocenters. The van der Waals surface area contributed by atoms with Crippen LogP contribution in [-0.2, 0) is 4.74 Å². The lowest BCUT2D eigenvalue weighted by atomic mass is 10.1. The number of aromatic nitrogens is 5. The van der Waals surface area contributed by atoms with Gasteiger partial charge in [-0.15, -0.1) is 0 Å². The van der Waals surface area contributed by atoms with Crippen LogP contribution in [0.25, 0.3) is 11.3 Å². The van der Waals surface area contributed by atoms with E-state index in [0.29, 0.717) is 24.7 Å². The van der Waals surface area contributed by atoms with E-state index in [0.717, 1.165) is 5.56 Å². The van der Waals surface area contributed by atoms with E-state index >= 15 is 0 Å². The molecule has 0 saturated carbocycles. The molecule has 0 radical (unpaired) electrons. The highest BCUT2D eigenvalue weighted by molar-refractivity contribution is 5.57. The monoisotopic (exact) mass is 336 g/mol. The van der Waals surface area contributed by atoms with Crippen LogP contribution in [0.3, 0.4) is 0 Å². The van der Waals surface area contributed by atoms with E-state index < -0.39 is 0 Å². The third kappa shape index (κ3) is 3.24. The molecule has 1 aliphatic rings. The molecule has 0 aliphatic carbocycles. The minimum absolute atomic E-state index is 0.116. The summed E-state index contributed by atoms with van der Waals surface area (Å²) < 4.78 is 7.06. The Morgan fingerprint density at radius 3 is 2.72 bits per heavy atom. The average molecular weight is 336 g/mol. The van der Waals surface area contributed by atoms with Crippen LogP contribution in [0, 0.1) is 0 Å². The van der Waals surface area contributed by atoms with E-state index in [9.17, 15) is 4.79 Å². The van der Waals surface area contributed by atoms with Gasteiger partial charge < -0.3 is 10.1 Å². The first kappa shape index (κ1) is 15.4. The third-order valence-corrected chi connectivity index (χ3v) is 4.06. The van der Waals surface area contributed by atoms with E-state index in [2.05, 4.69) is 25.4 Å². The molecule has 0 aromatic carbocycles. The fraction of sp³-hybridized carbons (Fsp3) is 0.235. The minimum atomic E-state index is -0.226. The van der Waals surface area contributed by atoms with Gasteiger partial charge in [0.05, 0.1) is 31.1 Å². The molecule has 1 saturated heterocycles. The van der Waals surface area contributed by atoms with Gasteiger partial charge in [-0.3, -0.25) is 14.8 Å². The fourth-order valence-corrected chi connectivity index (χ4v) is 2.82. The standard InChI is InChI=1S/C17H16N6O2/c24-17-2-1-13(12-3-5-18-6-4-12)22-23(17)15-11-25-10-14(15)21-16-9-19-7-8-20-16/h1-9,14-15H,10-11H2,(H,20,21). The zero-order chi connectivity index (χ0) is 17.1. The summed E-state index contributed by atoms with van der Waals surface area (Å²) in [4.78, 5) is 24.6. The van der Waals surface area contributed by atoms with Crippen molar-refractivity contribution >= 4 is 5.82 Å². The van der Waals surface area contributed by atoms with Crippen molar-refractivity contribution in [3.63, 3.8) is 0 Å². The van der Waals surface area contributed by atoms with E-state index in [4.69, 9.17) is 4.74 Å². The third-order valence-electron chi connectivity index (χ3n) is 4.06. The van der Waals surface area contributed by atoms with Gasteiger partial charge in [0.25, 0.3) is 5.56 Å². The molecule has 0 amide bonds. The Kier molecular flexibility index (Phi) is 4.17. The molecule has 25 heavy (non-hydrogen) atoms. The number of nitrogens with zero attached hydrogens (tertiary/aromatic N) is 5. The predicted octanol–water partition coefficient (Wildman–Crippen LogP) is 1.15. The van der Waals surface area contributed by atoms with Gasteiger partial charge in [-0.2, -0.15) is 5.10 Å². The average Bonchev–Trinajstić information content (AvgIpc) is 3.11. The number of pyridine rings is 1. The Hall–Kier alpha value is -3.13. The number of ether oxygens (including phenoxy) is 1. The summed E-state index contributed by atoms with van der Waals surface area (Å²) in [7, 11) is 0. The maximum atomic E-state index is 12.4. The summed E-state index contributed by atoms with van der Waals surface area (Å²) in [6.07, 6.45) is 8.26. The van der Waals surface area contributed by atoms with E-state index in [1.54, 1.807) is 37.1 Å². The van der Waals surface area contributed by atoms with Crippen LogP contribution in [0.2, 0.25) is 0 Å². The van der Waals surface area contributed by atoms with Crippen molar-refractivity contribution < 1.29 is 4.74 Å². The van der Waals surface area contributed by atoms with Gasteiger partial charge in [-0.05, 0) is 18.2 Å². The van der Waals surface area contributed by atoms with Crippen molar-refractivity contribution in [1.82, 2.24) is 24.7 Å². The van der Waals surface area contributed by atoms with E-state index in [1.807, 2.05) is 12.1 Å². The number of nitrogens with one attached hydrogen (secondary N) is 1. The highest BCUT2D eigenvalue weighted by atomic mass is 16.5. The van der Waals surface area contributed by atoms with Crippen LogP contribution >= 0.6 is 0 Å².